The maximum absolute atomic E-state index is 12.3. The summed E-state index contributed by atoms with van der Waals surface area (Å²) in [5.74, 6) is 1.58. The first-order valence-corrected chi connectivity index (χ1v) is 10.2. The van der Waals surface area contributed by atoms with E-state index in [9.17, 15) is 4.79 Å². The highest BCUT2D eigenvalue weighted by Crippen LogP contribution is 2.21. The van der Waals surface area contributed by atoms with Crippen molar-refractivity contribution >= 4 is 5.97 Å². The quantitative estimate of drug-likeness (QED) is 0.233. The van der Waals surface area contributed by atoms with Crippen LogP contribution in [0.25, 0.3) is 0 Å². The van der Waals surface area contributed by atoms with Crippen molar-refractivity contribution in [1.29, 1.82) is 0 Å². The van der Waals surface area contributed by atoms with Gasteiger partial charge in [0, 0.05) is 6.42 Å². The summed E-state index contributed by atoms with van der Waals surface area (Å²) in [6.07, 6.45) is 4.95. The molecule has 2 unspecified atom stereocenters. The molecule has 154 valence electrons. The van der Waals surface area contributed by atoms with E-state index in [1.807, 2.05) is 12.1 Å². The molecule has 2 aromatic carbocycles. The SMILES string of the molecule is O=C(Oc1ccc(OCCCCC2CO2)cc1)c1ccc(OCCC2CO2)cc1. The molecule has 29 heavy (non-hydrogen) atoms. The first-order valence-electron chi connectivity index (χ1n) is 10.2. The van der Waals surface area contributed by atoms with E-state index in [-0.39, 0.29) is 0 Å². The van der Waals surface area contributed by atoms with E-state index < -0.39 is 5.97 Å². The first kappa shape index (κ1) is 19.7. The lowest BCUT2D eigenvalue weighted by molar-refractivity contribution is 0.0734. The fourth-order valence-corrected chi connectivity index (χ4v) is 2.90. The highest BCUT2D eigenvalue weighted by molar-refractivity contribution is 5.91. The van der Waals surface area contributed by atoms with Gasteiger partial charge in [-0.05, 0) is 67.8 Å². The number of epoxide rings is 2. The average molecular weight is 398 g/mol. The van der Waals surface area contributed by atoms with E-state index in [0.717, 1.165) is 50.4 Å². The summed E-state index contributed by atoms with van der Waals surface area (Å²) in [4.78, 5) is 12.3. The van der Waals surface area contributed by atoms with Crippen molar-refractivity contribution < 1.29 is 28.5 Å². The largest absolute Gasteiger partial charge is 0.494 e. The molecule has 0 aromatic heterocycles. The summed E-state index contributed by atoms with van der Waals surface area (Å²) in [6, 6.07) is 14.1. The highest BCUT2D eigenvalue weighted by atomic mass is 16.6. The van der Waals surface area contributed by atoms with E-state index in [0.29, 0.717) is 36.7 Å². The number of esters is 1. The van der Waals surface area contributed by atoms with Gasteiger partial charge in [0.25, 0.3) is 0 Å². The molecule has 0 saturated carbocycles. The number of benzene rings is 2. The summed E-state index contributed by atoms with van der Waals surface area (Å²) in [6.45, 7) is 3.03. The number of unbranched alkanes of at least 4 members (excludes halogenated alkanes) is 1. The van der Waals surface area contributed by atoms with Gasteiger partial charge in [-0.1, -0.05) is 0 Å². The van der Waals surface area contributed by atoms with Gasteiger partial charge in [0.2, 0.25) is 0 Å². The van der Waals surface area contributed by atoms with Gasteiger partial charge in [-0.3, -0.25) is 0 Å². The molecule has 0 N–H and O–H groups in total. The fourth-order valence-electron chi connectivity index (χ4n) is 2.90. The third kappa shape index (κ3) is 6.76. The predicted octanol–water partition coefficient (Wildman–Crippen LogP) is 4.02. The molecule has 2 aromatic rings. The second-order valence-electron chi connectivity index (χ2n) is 7.28. The van der Waals surface area contributed by atoms with Gasteiger partial charge in [-0.15, -0.1) is 0 Å². The number of ether oxygens (including phenoxy) is 5. The molecule has 2 heterocycles. The molecular weight excluding hydrogens is 372 g/mol. The minimum atomic E-state index is -0.404. The molecule has 0 amide bonds. The molecule has 2 atom stereocenters. The van der Waals surface area contributed by atoms with Crippen LogP contribution in [0, 0.1) is 0 Å². The zero-order valence-corrected chi connectivity index (χ0v) is 16.4. The van der Waals surface area contributed by atoms with E-state index in [1.165, 1.54) is 0 Å². The van der Waals surface area contributed by atoms with Crippen LogP contribution in [0.1, 0.15) is 36.0 Å². The van der Waals surface area contributed by atoms with Crippen LogP contribution in [-0.2, 0) is 9.47 Å². The Morgan fingerprint density at radius 3 is 1.97 bits per heavy atom. The van der Waals surface area contributed by atoms with Gasteiger partial charge in [-0.2, -0.15) is 0 Å². The summed E-state index contributed by atoms with van der Waals surface area (Å²) < 4.78 is 27.1. The van der Waals surface area contributed by atoms with Crippen molar-refractivity contribution in [3.05, 3.63) is 54.1 Å². The zero-order valence-electron chi connectivity index (χ0n) is 16.4. The smallest absolute Gasteiger partial charge is 0.343 e. The Labute approximate surface area is 170 Å². The van der Waals surface area contributed by atoms with E-state index in [4.69, 9.17) is 23.7 Å². The van der Waals surface area contributed by atoms with E-state index in [1.54, 1.807) is 36.4 Å². The van der Waals surface area contributed by atoms with Gasteiger partial charge >= 0.3 is 5.97 Å². The Morgan fingerprint density at radius 2 is 1.31 bits per heavy atom. The maximum atomic E-state index is 12.3. The zero-order chi connectivity index (χ0) is 19.9. The average Bonchev–Trinajstić information content (AvgIpc) is 3.65. The normalized spacial score (nSPS) is 19.4. The van der Waals surface area contributed by atoms with Crippen LogP contribution >= 0.6 is 0 Å². The summed E-state index contributed by atoms with van der Waals surface area (Å²) in [5, 5.41) is 0. The number of rotatable bonds is 12. The molecule has 2 saturated heterocycles. The molecule has 0 spiro atoms. The number of hydrogen-bond donors (Lipinski definition) is 0. The second kappa shape index (κ2) is 9.76. The molecule has 2 fully saturated rings. The molecule has 0 aliphatic carbocycles. The van der Waals surface area contributed by atoms with Gasteiger partial charge in [-0.25, -0.2) is 4.79 Å². The standard InChI is InChI=1S/C23H26O6/c24-23(17-4-6-18(7-5-17)26-14-12-22-16-28-22)29-20-10-8-19(9-11-20)25-13-2-1-3-21-15-27-21/h4-11,21-22H,1-3,12-16H2. The van der Waals surface area contributed by atoms with E-state index in [2.05, 4.69) is 0 Å². The van der Waals surface area contributed by atoms with Crippen LogP contribution in [-0.4, -0.2) is 44.6 Å². The van der Waals surface area contributed by atoms with Gasteiger partial charge < -0.3 is 23.7 Å². The third-order valence-corrected chi connectivity index (χ3v) is 4.83. The lowest BCUT2D eigenvalue weighted by Gasteiger charge is -2.08. The Morgan fingerprint density at radius 1 is 0.759 bits per heavy atom. The van der Waals surface area contributed by atoms with Crippen molar-refractivity contribution in [2.24, 2.45) is 0 Å². The molecule has 2 aliphatic heterocycles. The van der Waals surface area contributed by atoms with Crippen LogP contribution < -0.4 is 14.2 Å². The number of carbonyl (C=O) groups is 1. The third-order valence-electron chi connectivity index (χ3n) is 4.83. The predicted molar refractivity (Wildman–Crippen MR) is 107 cm³/mol. The summed E-state index contributed by atoms with van der Waals surface area (Å²) in [5.41, 5.74) is 0.475. The van der Waals surface area contributed by atoms with Gasteiger partial charge in [0.15, 0.2) is 0 Å². The number of carbonyl (C=O) groups excluding carboxylic acids is 1. The molecule has 2 aliphatic rings. The lowest BCUT2D eigenvalue weighted by atomic mass is 10.2. The Balaban J connectivity index is 1.18. The van der Waals surface area contributed by atoms with Crippen molar-refractivity contribution in [1.82, 2.24) is 0 Å². The maximum Gasteiger partial charge on any atom is 0.343 e. The van der Waals surface area contributed by atoms with Crippen LogP contribution in [0.3, 0.4) is 0 Å². The van der Waals surface area contributed by atoms with Crippen molar-refractivity contribution in [3.63, 3.8) is 0 Å². The molecule has 0 bridgehead atoms. The lowest BCUT2D eigenvalue weighted by Crippen LogP contribution is -2.08. The minimum absolute atomic E-state index is 0.350. The van der Waals surface area contributed by atoms with Crippen LogP contribution in [0.4, 0.5) is 0 Å². The molecule has 6 nitrogen and oxygen atoms in total. The van der Waals surface area contributed by atoms with Gasteiger partial charge in [0.05, 0.1) is 44.2 Å². The summed E-state index contributed by atoms with van der Waals surface area (Å²) in [7, 11) is 0. The summed E-state index contributed by atoms with van der Waals surface area (Å²) >= 11 is 0. The monoisotopic (exact) mass is 398 g/mol. The van der Waals surface area contributed by atoms with Crippen LogP contribution in [0.2, 0.25) is 0 Å². The van der Waals surface area contributed by atoms with Crippen molar-refractivity contribution in [2.45, 2.75) is 37.9 Å². The fraction of sp³-hybridized carbons (Fsp3) is 0.435. The minimum Gasteiger partial charge on any atom is -0.494 e. The van der Waals surface area contributed by atoms with E-state index >= 15 is 0 Å². The first-order chi connectivity index (χ1) is 14.3. The highest BCUT2D eigenvalue weighted by Gasteiger charge is 2.22. The Kier molecular flexibility index (Phi) is 6.64. The molecular formula is C23H26O6. The molecule has 4 rings (SSSR count). The Bertz CT molecular complexity index is 778. The van der Waals surface area contributed by atoms with Crippen LogP contribution in [0.15, 0.2) is 48.5 Å². The van der Waals surface area contributed by atoms with Gasteiger partial charge in [0.1, 0.15) is 17.2 Å². The van der Waals surface area contributed by atoms with Crippen molar-refractivity contribution in [3.8, 4) is 17.2 Å². The topological polar surface area (TPSA) is 69.8 Å². The van der Waals surface area contributed by atoms with Crippen molar-refractivity contribution in [2.75, 3.05) is 26.4 Å². The van der Waals surface area contributed by atoms with Crippen LogP contribution in [0.5, 0.6) is 17.2 Å². The Hall–Kier alpha value is -2.57. The number of hydrogen-bond acceptors (Lipinski definition) is 6. The molecule has 0 radical (unpaired) electrons. The second-order valence-corrected chi connectivity index (χ2v) is 7.28. The molecule has 6 heteroatoms.